The summed E-state index contributed by atoms with van der Waals surface area (Å²) in [5.41, 5.74) is 0.663. The summed E-state index contributed by atoms with van der Waals surface area (Å²) in [6.07, 6.45) is 0. The largest absolute Gasteiger partial charge is 0.497 e. The molecule has 1 aromatic heterocycles. The van der Waals surface area contributed by atoms with Gasteiger partial charge in [0.2, 0.25) is 15.8 Å². The van der Waals surface area contributed by atoms with E-state index in [1.54, 1.807) is 25.3 Å². The van der Waals surface area contributed by atoms with Gasteiger partial charge in [-0.15, -0.1) is 0 Å². The molecule has 1 aliphatic heterocycles. The molecule has 2 aromatic carbocycles. The lowest BCUT2D eigenvalue weighted by Gasteiger charge is -2.26. The molecule has 2 heterocycles. The van der Waals surface area contributed by atoms with Gasteiger partial charge >= 0.3 is 5.97 Å². The van der Waals surface area contributed by atoms with Crippen LogP contribution in [0.5, 0.6) is 11.5 Å². The van der Waals surface area contributed by atoms with E-state index in [-0.39, 0.29) is 41.9 Å². The van der Waals surface area contributed by atoms with Crippen molar-refractivity contribution in [2.45, 2.75) is 11.5 Å². The first-order valence-electron chi connectivity index (χ1n) is 10.3. The van der Waals surface area contributed by atoms with Crippen LogP contribution in [-0.4, -0.2) is 69.4 Å². The van der Waals surface area contributed by atoms with Crippen LogP contribution in [0.4, 0.5) is 0 Å². The second-order valence-corrected chi connectivity index (χ2v) is 9.14. The molecule has 12 heteroatoms. The molecule has 180 valence electrons. The molecule has 0 atom stereocenters. The van der Waals surface area contributed by atoms with Gasteiger partial charge in [0.05, 0.1) is 43.5 Å². The van der Waals surface area contributed by atoms with Crippen molar-refractivity contribution in [3.8, 4) is 22.9 Å². The summed E-state index contributed by atoms with van der Waals surface area (Å²) in [4.78, 5) is 16.8. The van der Waals surface area contributed by atoms with Crippen molar-refractivity contribution < 1.29 is 36.7 Å². The SMILES string of the molecule is COc1ccc(-c2noc(COC(=O)c3cccc(S(=O)(=O)N4CCOCC4)c3)n2)c(OC)c1. The van der Waals surface area contributed by atoms with Crippen LogP contribution < -0.4 is 9.47 Å². The van der Waals surface area contributed by atoms with Crippen LogP contribution in [0.1, 0.15) is 16.2 Å². The molecule has 34 heavy (non-hydrogen) atoms. The molecule has 0 saturated carbocycles. The Bertz CT molecular complexity index is 1270. The first-order valence-corrected chi connectivity index (χ1v) is 11.8. The van der Waals surface area contributed by atoms with E-state index in [0.29, 0.717) is 30.3 Å². The van der Waals surface area contributed by atoms with Gasteiger partial charge in [-0.2, -0.15) is 9.29 Å². The molecule has 4 rings (SSSR count). The summed E-state index contributed by atoms with van der Waals surface area (Å²) in [5.74, 6) is 0.696. The second kappa shape index (κ2) is 10.2. The van der Waals surface area contributed by atoms with Crippen molar-refractivity contribution in [1.29, 1.82) is 0 Å². The highest BCUT2D eigenvalue weighted by molar-refractivity contribution is 7.89. The monoisotopic (exact) mass is 489 g/mol. The van der Waals surface area contributed by atoms with Gasteiger partial charge in [0.25, 0.3) is 5.89 Å². The van der Waals surface area contributed by atoms with Gasteiger partial charge in [0, 0.05) is 19.2 Å². The predicted octanol–water partition coefficient (Wildman–Crippen LogP) is 2.13. The molecule has 0 unspecified atom stereocenters. The Morgan fingerprint density at radius 1 is 1.09 bits per heavy atom. The first kappa shape index (κ1) is 23.7. The predicted molar refractivity (Wildman–Crippen MR) is 118 cm³/mol. The fraction of sp³-hybridized carbons (Fsp3) is 0.318. The van der Waals surface area contributed by atoms with Crippen molar-refractivity contribution in [1.82, 2.24) is 14.4 Å². The maximum absolute atomic E-state index is 12.8. The zero-order chi connectivity index (χ0) is 24.1. The van der Waals surface area contributed by atoms with Gasteiger partial charge in [-0.25, -0.2) is 13.2 Å². The first-order chi connectivity index (χ1) is 16.4. The lowest BCUT2D eigenvalue weighted by atomic mass is 10.2. The maximum Gasteiger partial charge on any atom is 0.338 e. The third-order valence-corrected chi connectivity index (χ3v) is 7.02. The maximum atomic E-state index is 12.8. The number of morpholine rings is 1. The Hall–Kier alpha value is -3.48. The lowest BCUT2D eigenvalue weighted by molar-refractivity contribution is 0.0429. The van der Waals surface area contributed by atoms with Crippen molar-refractivity contribution in [3.05, 3.63) is 53.9 Å². The smallest absolute Gasteiger partial charge is 0.338 e. The number of carbonyl (C=O) groups is 1. The van der Waals surface area contributed by atoms with E-state index in [0.717, 1.165) is 0 Å². The zero-order valence-corrected chi connectivity index (χ0v) is 19.4. The molecule has 1 aliphatic rings. The summed E-state index contributed by atoms with van der Waals surface area (Å²) in [5, 5.41) is 3.91. The Labute approximate surface area is 196 Å². The quantitative estimate of drug-likeness (QED) is 0.434. The standard InChI is InChI=1S/C22H23N3O8S/c1-29-16-6-7-18(19(13-16)30-2)21-23-20(33-24-21)14-32-22(26)15-4-3-5-17(12-15)34(27,28)25-8-10-31-11-9-25/h3-7,12-13H,8-11,14H2,1-2H3. The van der Waals surface area contributed by atoms with Gasteiger partial charge in [0.1, 0.15) is 11.5 Å². The van der Waals surface area contributed by atoms with E-state index in [1.165, 1.54) is 35.7 Å². The van der Waals surface area contributed by atoms with E-state index < -0.39 is 16.0 Å². The molecule has 0 aliphatic carbocycles. The number of sulfonamides is 1. The summed E-state index contributed by atoms with van der Waals surface area (Å²) >= 11 is 0. The van der Waals surface area contributed by atoms with Crippen molar-refractivity contribution in [3.63, 3.8) is 0 Å². The lowest BCUT2D eigenvalue weighted by Crippen LogP contribution is -2.40. The van der Waals surface area contributed by atoms with Crippen LogP contribution in [0.15, 0.2) is 51.9 Å². The highest BCUT2D eigenvalue weighted by Crippen LogP contribution is 2.31. The third kappa shape index (κ3) is 5.03. The van der Waals surface area contributed by atoms with Crippen molar-refractivity contribution >= 4 is 16.0 Å². The van der Waals surface area contributed by atoms with Crippen molar-refractivity contribution in [2.24, 2.45) is 0 Å². The summed E-state index contributed by atoms with van der Waals surface area (Å²) in [7, 11) is -0.687. The van der Waals surface area contributed by atoms with Crippen LogP contribution in [-0.2, 0) is 26.1 Å². The molecule has 1 fully saturated rings. The van der Waals surface area contributed by atoms with Gasteiger partial charge in [-0.3, -0.25) is 0 Å². The number of hydrogen-bond acceptors (Lipinski definition) is 10. The Morgan fingerprint density at radius 3 is 2.62 bits per heavy atom. The number of aromatic nitrogens is 2. The van der Waals surface area contributed by atoms with Crippen LogP contribution in [0.2, 0.25) is 0 Å². The van der Waals surface area contributed by atoms with Gasteiger partial charge < -0.3 is 23.5 Å². The minimum Gasteiger partial charge on any atom is -0.497 e. The fourth-order valence-electron chi connectivity index (χ4n) is 3.34. The molecule has 3 aromatic rings. The molecule has 0 N–H and O–H groups in total. The van der Waals surface area contributed by atoms with E-state index in [9.17, 15) is 13.2 Å². The van der Waals surface area contributed by atoms with Crippen LogP contribution in [0, 0.1) is 0 Å². The second-order valence-electron chi connectivity index (χ2n) is 7.20. The van der Waals surface area contributed by atoms with E-state index in [2.05, 4.69) is 10.1 Å². The molecule has 0 bridgehead atoms. The Morgan fingerprint density at radius 2 is 1.88 bits per heavy atom. The molecule has 0 amide bonds. The molecule has 0 spiro atoms. The summed E-state index contributed by atoms with van der Waals surface area (Å²) < 4.78 is 53.2. The van der Waals surface area contributed by atoms with E-state index in [4.69, 9.17) is 23.5 Å². The van der Waals surface area contributed by atoms with Gasteiger partial charge in [-0.05, 0) is 30.3 Å². The molecule has 11 nitrogen and oxygen atoms in total. The van der Waals surface area contributed by atoms with Gasteiger partial charge in [0.15, 0.2) is 6.61 Å². The molecular formula is C22H23N3O8S. The average molecular weight is 490 g/mol. The van der Waals surface area contributed by atoms with Crippen LogP contribution in [0.3, 0.4) is 0 Å². The Balaban J connectivity index is 1.44. The minimum atomic E-state index is -3.74. The van der Waals surface area contributed by atoms with Crippen LogP contribution in [0.25, 0.3) is 11.4 Å². The number of ether oxygens (including phenoxy) is 4. The van der Waals surface area contributed by atoms with Crippen molar-refractivity contribution in [2.75, 3.05) is 40.5 Å². The number of rotatable bonds is 8. The highest BCUT2D eigenvalue weighted by Gasteiger charge is 2.27. The number of methoxy groups -OCH3 is 2. The Kier molecular flexibility index (Phi) is 7.10. The average Bonchev–Trinajstić information content (AvgIpc) is 3.36. The van der Waals surface area contributed by atoms with Crippen LogP contribution >= 0.6 is 0 Å². The summed E-state index contributed by atoms with van der Waals surface area (Å²) in [6, 6.07) is 10.8. The molecular weight excluding hydrogens is 466 g/mol. The normalized spacial score (nSPS) is 14.5. The number of carbonyl (C=O) groups excluding carboxylic acids is 1. The highest BCUT2D eigenvalue weighted by atomic mass is 32.2. The molecule has 0 radical (unpaired) electrons. The molecule has 1 saturated heterocycles. The minimum absolute atomic E-state index is 0.00975. The van der Waals surface area contributed by atoms with E-state index >= 15 is 0 Å². The topological polar surface area (TPSA) is 130 Å². The third-order valence-electron chi connectivity index (χ3n) is 5.12. The number of benzene rings is 2. The van der Waals surface area contributed by atoms with E-state index in [1.807, 2.05) is 0 Å². The zero-order valence-electron chi connectivity index (χ0n) is 18.6. The number of hydrogen-bond donors (Lipinski definition) is 0. The summed E-state index contributed by atoms with van der Waals surface area (Å²) in [6.45, 7) is 0.890. The number of nitrogens with zero attached hydrogens (tertiary/aromatic N) is 3. The fourth-order valence-corrected chi connectivity index (χ4v) is 4.79. The van der Waals surface area contributed by atoms with Gasteiger partial charge in [-0.1, -0.05) is 11.2 Å². The number of esters is 1.